The zero-order valence-electron chi connectivity index (χ0n) is 11.0. The van der Waals surface area contributed by atoms with E-state index in [0.29, 0.717) is 19.4 Å². The largest absolute Gasteiger partial charge is 0.496 e. The van der Waals surface area contributed by atoms with Crippen molar-refractivity contribution in [3.8, 4) is 5.75 Å². The maximum absolute atomic E-state index is 12.0. The fraction of sp³-hybridized carbons (Fsp3) is 0.500. The molecule has 0 aromatic heterocycles. The first-order valence-corrected chi connectivity index (χ1v) is 6.08. The molecule has 1 atom stereocenters. The maximum Gasteiger partial charge on any atom is 0.154 e. The molecular weight excluding hydrogens is 230 g/mol. The molecule has 0 aliphatic heterocycles. The van der Waals surface area contributed by atoms with Crippen LogP contribution in [0.1, 0.15) is 18.4 Å². The van der Waals surface area contributed by atoms with Crippen molar-refractivity contribution in [2.24, 2.45) is 5.73 Å². The van der Waals surface area contributed by atoms with Crippen molar-refractivity contribution >= 4 is 5.78 Å². The third kappa shape index (κ3) is 4.47. The molecule has 0 radical (unpaired) electrons. The summed E-state index contributed by atoms with van der Waals surface area (Å²) < 4.78 is 10.2. The second-order valence-corrected chi connectivity index (χ2v) is 4.20. The highest BCUT2D eigenvalue weighted by atomic mass is 16.5. The molecule has 0 aliphatic rings. The molecule has 0 heterocycles. The molecule has 1 rings (SSSR count). The minimum Gasteiger partial charge on any atom is -0.496 e. The molecule has 1 aromatic rings. The third-order valence-corrected chi connectivity index (χ3v) is 2.83. The molecule has 0 bridgehead atoms. The van der Waals surface area contributed by atoms with E-state index in [1.54, 1.807) is 14.2 Å². The third-order valence-electron chi connectivity index (χ3n) is 2.83. The number of para-hydroxylation sites is 1. The summed E-state index contributed by atoms with van der Waals surface area (Å²) in [6.07, 6.45) is 1.77. The van der Waals surface area contributed by atoms with Crippen LogP contribution in [0.2, 0.25) is 0 Å². The van der Waals surface area contributed by atoms with Gasteiger partial charge < -0.3 is 15.2 Å². The number of hydrogen-bond acceptors (Lipinski definition) is 4. The second-order valence-electron chi connectivity index (χ2n) is 4.20. The topological polar surface area (TPSA) is 61.5 Å². The van der Waals surface area contributed by atoms with E-state index in [1.165, 1.54) is 0 Å². The summed E-state index contributed by atoms with van der Waals surface area (Å²) in [7, 11) is 3.24. The monoisotopic (exact) mass is 251 g/mol. The second kappa shape index (κ2) is 7.84. The normalized spacial score (nSPS) is 12.2. The molecule has 0 saturated carbocycles. The number of nitrogens with two attached hydrogens (primary N) is 1. The van der Waals surface area contributed by atoms with E-state index in [-0.39, 0.29) is 5.78 Å². The van der Waals surface area contributed by atoms with Gasteiger partial charge in [-0.3, -0.25) is 4.79 Å². The van der Waals surface area contributed by atoms with Crippen molar-refractivity contribution in [1.82, 2.24) is 0 Å². The standard InChI is InChI=1S/C14H21NO3/c1-17-9-5-7-12(15)13(16)10-11-6-3-4-8-14(11)18-2/h3-4,6,8,12H,5,7,9-10,15H2,1-2H3. The predicted octanol–water partition coefficient (Wildman–Crippen LogP) is 1.56. The molecule has 18 heavy (non-hydrogen) atoms. The zero-order valence-corrected chi connectivity index (χ0v) is 11.0. The Balaban J connectivity index is 2.53. The van der Waals surface area contributed by atoms with Crippen molar-refractivity contribution in [2.75, 3.05) is 20.8 Å². The van der Waals surface area contributed by atoms with Gasteiger partial charge in [0.05, 0.1) is 13.2 Å². The van der Waals surface area contributed by atoms with Gasteiger partial charge in [-0.2, -0.15) is 0 Å². The lowest BCUT2D eigenvalue weighted by molar-refractivity contribution is -0.119. The van der Waals surface area contributed by atoms with Crippen molar-refractivity contribution in [1.29, 1.82) is 0 Å². The summed E-state index contributed by atoms with van der Waals surface area (Å²) in [6.45, 7) is 0.635. The van der Waals surface area contributed by atoms with Gasteiger partial charge in [0, 0.05) is 25.7 Å². The smallest absolute Gasteiger partial charge is 0.154 e. The van der Waals surface area contributed by atoms with E-state index in [0.717, 1.165) is 17.7 Å². The summed E-state index contributed by atoms with van der Waals surface area (Å²) in [4.78, 5) is 12.0. The first-order chi connectivity index (χ1) is 8.69. The molecule has 2 N–H and O–H groups in total. The number of carbonyl (C=O) groups is 1. The Morgan fingerprint density at radius 2 is 2.06 bits per heavy atom. The average Bonchev–Trinajstić information content (AvgIpc) is 2.39. The fourth-order valence-electron chi connectivity index (χ4n) is 1.78. The van der Waals surface area contributed by atoms with Gasteiger partial charge in [-0.1, -0.05) is 18.2 Å². The number of rotatable bonds is 8. The van der Waals surface area contributed by atoms with Crippen molar-refractivity contribution in [2.45, 2.75) is 25.3 Å². The lowest BCUT2D eigenvalue weighted by Gasteiger charge is -2.12. The highest BCUT2D eigenvalue weighted by molar-refractivity contribution is 5.86. The molecule has 0 fully saturated rings. The molecule has 0 amide bonds. The highest BCUT2D eigenvalue weighted by Crippen LogP contribution is 2.18. The zero-order chi connectivity index (χ0) is 13.4. The molecular formula is C14H21NO3. The number of methoxy groups -OCH3 is 2. The quantitative estimate of drug-likeness (QED) is 0.712. The predicted molar refractivity (Wildman–Crippen MR) is 70.8 cm³/mol. The molecule has 1 aromatic carbocycles. The van der Waals surface area contributed by atoms with E-state index < -0.39 is 6.04 Å². The van der Waals surface area contributed by atoms with Gasteiger partial charge in [0.2, 0.25) is 0 Å². The summed E-state index contributed by atoms with van der Waals surface area (Å²) in [5.74, 6) is 0.769. The molecule has 1 unspecified atom stereocenters. The van der Waals surface area contributed by atoms with Crippen LogP contribution in [0.5, 0.6) is 5.75 Å². The van der Waals surface area contributed by atoms with Gasteiger partial charge in [-0.05, 0) is 18.9 Å². The van der Waals surface area contributed by atoms with Crippen LogP contribution in [-0.4, -0.2) is 32.7 Å². The maximum atomic E-state index is 12.0. The Hall–Kier alpha value is -1.39. The van der Waals surface area contributed by atoms with Gasteiger partial charge in [-0.25, -0.2) is 0 Å². The van der Waals surface area contributed by atoms with Crippen LogP contribution in [0, 0.1) is 0 Å². The first-order valence-electron chi connectivity index (χ1n) is 6.08. The van der Waals surface area contributed by atoms with E-state index in [2.05, 4.69) is 0 Å². The van der Waals surface area contributed by atoms with Gasteiger partial charge in [0.25, 0.3) is 0 Å². The Morgan fingerprint density at radius 3 is 2.72 bits per heavy atom. The van der Waals surface area contributed by atoms with Gasteiger partial charge in [0.15, 0.2) is 5.78 Å². The number of ether oxygens (including phenoxy) is 2. The van der Waals surface area contributed by atoms with Crippen LogP contribution < -0.4 is 10.5 Å². The minimum atomic E-state index is -0.426. The Morgan fingerprint density at radius 1 is 1.33 bits per heavy atom. The van der Waals surface area contributed by atoms with Gasteiger partial charge in [-0.15, -0.1) is 0 Å². The Kier molecular flexibility index (Phi) is 6.39. The number of carbonyl (C=O) groups excluding carboxylic acids is 1. The molecule has 0 saturated heterocycles. The fourth-order valence-corrected chi connectivity index (χ4v) is 1.78. The Bertz CT molecular complexity index is 379. The van der Waals surface area contributed by atoms with Crippen LogP contribution >= 0.6 is 0 Å². The van der Waals surface area contributed by atoms with Crippen LogP contribution in [0.25, 0.3) is 0 Å². The number of ketones is 1. The van der Waals surface area contributed by atoms with Crippen LogP contribution in [-0.2, 0) is 16.0 Å². The first kappa shape index (κ1) is 14.7. The molecule has 0 aliphatic carbocycles. The van der Waals surface area contributed by atoms with Crippen LogP contribution in [0.4, 0.5) is 0 Å². The van der Waals surface area contributed by atoms with Crippen molar-refractivity contribution < 1.29 is 14.3 Å². The van der Waals surface area contributed by atoms with Gasteiger partial charge in [0.1, 0.15) is 5.75 Å². The Labute approximate surface area is 108 Å². The number of Topliss-reactive ketones (excluding diaryl/α,β-unsaturated/α-hetero) is 1. The molecule has 4 heteroatoms. The molecule has 4 nitrogen and oxygen atoms in total. The lowest BCUT2D eigenvalue weighted by Crippen LogP contribution is -2.32. The summed E-state index contributed by atoms with van der Waals surface area (Å²) in [5, 5.41) is 0. The summed E-state index contributed by atoms with van der Waals surface area (Å²) in [5.41, 5.74) is 6.73. The average molecular weight is 251 g/mol. The molecule has 0 spiro atoms. The number of hydrogen-bond donors (Lipinski definition) is 1. The minimum absolute atomic E-state index is 0.0376. The summed E-state index contributed by atoms with van der Waals surface area (Å²) >= 11 is 0. The van der Waals surface area contributed by atoms with E-state index in [4.69, 9.17) is 15.2 Å². The highest BCUT2D eigenvalue weighted by Gasteiger charge is 2.15. The van der Waals surface area contributed by atoms with E-state index in [9.17, 15) is 4.79 Å². The summed E-state index contributed by atoms with van der Waals surface area (Å²) in [6, 6.07) is 7.08. The van der Waals surface area contributed by atoms with Crippen LogP contribution in [0.3, 0.4) is 0 Å². The lowest BCUT2D eigenvalue weighted by atomic mass is 10.0. The number of benzene rings is 1. The molecule has 100 valence electrons. The van der Waals surface area contributed by atoms with E-state index >= 15 is 0 Å². The SMILES string of the molecule is COCCCC(N)C(=O)Cc1ccccc1OC. The van der Waals surface area contributed by atoms with E-state index in [1.807, 2.05) is 24.3 Å². The van der Waals surface area contributed by atoms with Crippen molar-refractivity contribution in [3.05, 3.63) is 29.8 Å². The van der Waals surface area contributed by atoms with Crippen molar-refractivity contribution in [3.63, 3.8) is 0 Å². The van der Waals surface area contributed by atoms with Gasteiger partial charge >= 0.3 is 0 Å². The van der Waals surface area contributed by atoms with Crippen LogP contribution in [0.15, 0.2) is 24.3 Å².